The zero-order chi connectivity index (χ0) is 13.0. The number of ether oxygens (including phenoxy) is 1. The fourth-order valence-corrected chi connectivity index (χ4v) is 2.00. The molecule has 6 heteroatoms. The predicted molar refractivity (Wildman–Crippen MR) is 69.0 cm³/mol. The van der Waals surface area contributed by atoms with Gasteiger partial charge in [-0.25, -0.2) is 4.98 Å². The number of oxime groups is 1. The quantitative estimate of drug-likeness (QED) is 0.351. The van der Waals surface area contributed by atoms with E-state index in [1.54, 1.807) is 6.07 Å². The molecule has 1 aliphatic heterocycles. The highest BCUT2D eigenvalue weighted by atomic mass is 16.5. The Bertz CT molecular complexity index is 436. The van der Waals surface area contributed by atoms with Gasteiger partial charge >= 0.3 is 0 Å². The summed E-state index contributed by atoms with van der Waals surface area (Å²) in [5.41, 5.74) is 6.02. The van der Waals surface area contributed by atoms with Crippen LogP contribution in [-0.4, -0.2) is 41.8 Å². The van der Waals surface area contributed by atoms with Crippen molar-refractivity contribution in [1.29, 1.82) is 0 Å². The summed E-state index contributed by atoms with van der Waals surface area (Å²) >= 11 is 0. The first-order valence-corrected chi connectivity index (χ1v) is 6.02. The van der Waals surface area contributed by atoms with Crippen LogP contribution in [0.25, 0.3) is 0 Å². The van der Waals surface area contributed by atoms with Crippen molar-refractivity contribution in [3.05, 3.63) is 23.9 Å². The first-order chi connectivity index (χ1) is 8.70. The highest BCUT2D eigenvalue weighted by Crippen LogP contribution is 2.15. The monoisotopic (exact) mass is 250 g/mol. The first-order valence-electron chi connectivity index (χ1n) is 6.02. The zero-order valence-electron chi connectivity index (χ0n) is 10.4. The third kappa shape index (κ3) is 2.89. The number of aromatic nitrogens is 1. The maximum absolute atomic E-state index is 8.67. The van der Waals surface area contributed by atoms with Crippen molar-refractivity contribution in [1.82, 2.24) is 4.98 Å². The number of pyridine rings is 1. The van der Waals surface area contributed by atoms with Gasteiger partial charge < -0.3 is 20.6 Å². The minimum atomic E-state index is 0.0240. The van der Waals surface area contributed by atoms with Gasteiger partial charge in [-0.3, -0.25) is 0 Å². The molecule has 1 aromatic rings. The van der Waals surface area contributed by atoms with E-state index in [2.05, 4.69) is 15.0 Å². The number of nitrogens with zero attached hydrogens (tertiary/aromatic N) is 3. The molecule has 3 N–H and O–H groups in total. The Morgan fingerprint density at radius 2 is 2.44 bits per heavy atom. The molecule has 2 heterocycles. The summed E-state index contributed by atoms with van der Waals surface area (Å²) in [6.07, 6.45) is 1.15. The van der Waals surface area contributed by atoms with Crippen LogP contribution in [0, 0.1) is 0 Å². The Morgan fingerprint density at radius 1 is 1.61 bits per heavy atom. The van der Waals surface area contributed by atoms with Gasteiger partial charge in [0.05, 0.1) is 6.10 Å². The van der Waals surface area contributed by atoms with Crippen LogP contribution in [-0.2, 0) is 4.74 Å². The lowest BCUT2D eigenvalue weighted by Gasteiger charge is -2.23. The molecule has 1 fully saturated rings. The molecule has 1 aliphatic rings. The minimum absolute atomic E-state index is 0.0240. The van der Waals surface area contributed by atoms with E-state index in [0.717, 1.165) is 31.9 Å². The molecule has 18 heavy (non-hydrogen) atoms. The Kier molecular flexibility index (Phi) is 3.99. The maximum atomic E-state index is 8.67. The molecule has 0 amide bonds. The number of anilines is 1. The lowest BCUT2D eigenvalue weighted by atomic mass is 10.3. The second kappa shape index (κ2) is 5.68. The molecular weight excluding hydrogens is 232 g/mol. The molecule has 2 rings (SSSR count). The van der Waals surface area contributed by atoms with Gasteiger partial charge in [0.15, 0.2) is 5.84 Å². The minimum Gasteiger partial charge on any atom is -0.409 e. The maximum Gasteiger partial charge on any atom is 0.188 e. The van der Waals surface area contributed by atoms with Crippen LogP contribution in [0.2, 0.25) is 0 Å². The predicted octanol–water partition coefficient (Wildman–Crippen LogP) is 0.791. The number of amidine groups is 1. The first kappa shape index (κ1) is 12.6. The molecule has 0 radical (unpaired) electrons. The van der Waals surface area contributed by atoms with E-state index in [9.17, 15) is 0 Å². The third-order valence-corrected chi connectivity index (χ3v) is 2.88. The van der Waals surface area contributed by atoms with Gasteiger partial charge in [0.2, 0.25) is 0 Å². The SMILES string of the molecule is CC1CN(c2cccc(C(N)=NO)n2)CCCO1. The van der Waals surface area contributed by atoms with Crippen molar-refractivity contribution >= 4 is 11.7 Å². The second-order valence-corrected chi connectivity index (χ2v) is 4.35. The van der Waals surface area contributed by atoms with Gasteiger partial charge in [-0.1, -0.05) is 11.2 Å². The van der Waals surface area contributed by atoms with Crippen molar-refractivity contribution in [3.63, 3.8) is 0 Å². The van der Waals surface area contributed by atoms with Crippen molar-refractivity contribution in [2.45, 2.75) is 19.4 Å². The highest BCUT2D eigenvalue weighted by molar-refractivity contribution is 5.95. The van der Waals surface area contributed by atoms with Gasteiger partial charge in [0, 0.05) is 19.7 Å². The van der Waals surface area contributed by atoms with Crippen LogP contribution < -0.4 is 10.6 Å². The summed E-state index contributed by atoms with van der Waals surface area (Å²) in [6, 6.07) is 5.49. The van der Waals surface area contributed by atoms with Crippen molar-refractivity contribution in [3.8, 4) is 0 Å². The van der Waals surface area contributed by atoms with E-state index in [4.69, 9.17) is 15.7 Å². The van der Waals surface area contributed by atoms with Gasteiger partial charge in [0.25, 0.3) is 0 Å². The van der Waals surface area contributed by atoms with Crippen LogP contribution in [0.4, 0.5) is 5.82 Å². The normalized spacial score (nSPS) is 21.7. The summed E-state index contributed by atoms with van der Waals surface area (Å²) in [5.74, 6) is 0.854. The van der Waals surface area contributed by atoms with Gasteiger partial charge in [-0.05, 0) is 25.5 Å². The Hall–Kier alpha value is -1.82. The summed E-state index contributed by atoms with van der Waals surface area (Å²) in [6.45, 7) is 4.52. The molecule has 98 valence electrons. The molecular formula is C12H18N4O2. The van der Waals surface area contributed by atoms with Crippen molar-refractivity contribution < 1.29 is 9.94 Å². The Morgan fingerprint density at radius 3 is 3.22 bits per heavy atom. The van der Waals surface area contributed by atoms with Gasteiger partial charge in [-0.2, -0.15) is 0 Å². The lowest BCUT2D eigenvalue weighted by molar-refractivity contribution is 0.0820. The number of rotatable bonds is 2. The Balaban J connectivity index is 2.21. The highest BCUT2D eigenvalue weighted by Gasteiger charge is 2.16. The van der Waals surface area contributed by atoms with Crippen molar-refractivity contribution in [2.75, 3.05) is 24.6 Å². The average Bonchev–Trinajstić information content (AvgIpc) is 2.62. The molecule has 1 saturated heterocycles. The average molecular weight is 250 g/mol. The fraction of sp³-hybridized carbons (Fsp3) is 0.500. The zero-order valence-corrected chi connectivity index (χ0v) is 10.4. The molecule has 0 spiro atoms. The number of hydrogen-bond acceptors (Lipinski definition) is 5. The molecule has 0 bridgehead atoms. The number of nitrogens with two attached hydrogens (primary N) is 1. The van der Waals surface area contributed by atoms with Crippen LogP contribution in [0.5, 0.6) is 0 Å². The molecule has 0 aromatic carbocycles. The van der Waals surface area contributed by atoms with E-state index in [-0.39, 0.29) is 11.9 Å². The van der Waals surface area contributed by atoms with Crippen LogP contribution in [0.1, 0.15) is 19.0 Å². The Labute approximate surface area is 106 Å². The molecule has 0 aliphatic carbocycles. The molecule has 6 nitrogen and oxygen atoms in total. The standard InChI is InChI=1S/C12H18N4O2/c1-9-8-16(6-3-7-18-9)11-5-2-4-10(14-11)12(13)15-17/h2,4-5,9,17H,3,6-8H2,1H3,(H2,13,15). The fourth-order valence-electron chi connectivity index (χ4n) is 2.00. The summed E-state index contributed by atoms with van der Waals surface area (Å²) in [5, 5.41) is 11.6. The molecule has 0 saturated carbocycles. The van der Waals surface area contributed by atoms with Crippen LogP contribution in [0.15, 0.2) is 23.4 Å². The summed E-state index contributed by atoms with van der Waals surface area (Å²) in [4.78, 5) is 6.56. The van der Waals surface area contributed by atoms with Crippen LogP contribution in [0.3, 0.4) is 0 Å². The van der Waals surface area contributed by atoms with E-state index in [1.165, 1.54) is 0 Å². The van der Waals surface area contributed by atoms with E-state index < -0.39 is 0 Å². The smallest absolute Gasteiger partial charge is 0.188 e. The third-order valence-electron chi connectivity index (χ3n) is 2.88. The second-order valence-electron chi connectivity index (χ2n) is 4.35. The van der Waals surface area contributed by atoms with Gasteiger partial charge in [-0.15, -0.1) is 0 Å². The lowest BCUT2D eigenvalue weighted by Crippen LogP contribution is -2.31. The summed E-state index contributed by atoms with van der Waals surface area (Å²) < 4.78 is 5.60. The number of hydrogen-bond donors (Lipinski definition) is 2. The van der Waals surface area contributed by atoms with Crippen molar-refractivity contribution in [2.24, 2.45) is 10.9 Å². The molecule has 1 aromatic heterocycles. The van der Waals surface area contributed by atoms with Crippen LogP contribution >= 0.6 is 0 Å². The van der Waals surface area contributed by atoms with E-state index >= 15 is 0 Å². The topological polar surface area (TPSA) is 84.0 Å². The largest absolute Gasteiger partial charge is 0.409 e. The van der Waals surface area contributed by atoms with E-state index in [0.29, 0.717) is 5.69 Å². The van der Waals surface area contributed by atoms with E-state index in [1.807, 2.05) is 19.1 Å². The molecule has 1 atom stereocenters. The summed E-state index contributed by atoms with van der Waals surface area (Å²) in [7, 11) is 0. The van der Waals surface area contributed by atoms with Gasteiger partial charge in [0.1, 0.15) is 11.5 Å². The molecule has 1 unspecified atom stereocenters.